The van der Waals surface area contributed by atoms with Gasteiger partial charge in [0.05, 0.1) is 30.8 Å². The topological polar surface area (TPSA) is 105 Å². The third-order valence-corrected chi connectivity index (χ3v) is 7.71. The molecule has 3 aliphatic rings. The first-order valence-electron chi connectivity index (χ1n) is 11.9. The Morgan fingerprint density at radius 3 is 2.56 bits per heavy atom. The predicted molar refractivity (Wildman–Crippen MR) is 126 cm³/mol. The van der Waals surface area contributed by atoms with Crippen LogP contribution >= 0.6 is 11.6 Å². The molecule has 3 fully saturated rings. The average molecular weight is 493 g/mol. The standard InChI is InChI=1S/C25H33ClN2O6/c1-5-33-23(32)19-18-22(31)28(17(13-29)12-14(2)3)20(25(18)11-10-24(19,4)34-25)21(30)27-16-8-6-15(26)7-9-16/h6-9,14,17-20,29H,5,10-13H2,1-4H3,(H,27,30)/t17-,18+,19+,20?,24-,25?/m1/s1. The number of benzene rings is 1. The summed E-state index contributed by atoms with van der Waals surface area (Å²) in [6, 6.07) is 5.14. The molecule has 9 heteroatoms. The van der Waals surface area contributed by atoms with Crippen LogP contribution in [-0.4, -0.2) is 64.3 Å². The van der Waals surface area contributed by atoms with E-state index in [0.29, 0.717) is 30.0 Å². The van der Waals surface area contributed by atoms with Gasteiger partial charge < -0.3 is 24.8 Å². The number of carbonyl (C=O) groups is 3. The van der Waals surface area contributed by atoms with E-state index in [2.05, 4.69) is 5.32 Å². The van der Waals surface area contributed by atoms with E-state index in [4.69, 9.17) is 21.1 Å². The van der Waals surface area contributed by atoms with E-state index in [0.717, 1.165) is 0 Å². The van der Waals surface area contributed by atoms with Crippen LogP contribution in [0.25, 0.3) is 0 Å². The molecule has 3 aliphatic heterocycles. The molecule has 0 aromatic heterocycles. The molecule has 6 atom stereocenters. The summed E-state index contributed by atoms with van der Waals surface area (Å²) < 4.78 is 11.8. The van der Waals surface area contributed by atoms with Gasteiger partial charge in [-0.15, -0.1) is 0 Å². The van der Waals surface area contributed by atoms with Gasteiger partial charge in [-0.25, -0.2) is 0 Å². The number of aliphatic hydroxyl groups is 1. The fourth-order valence-electron chi connectivity index (χ4n) is 6.21. The van der Waals surface area contributed by atoms with Crippen molar-refractivity contribution in [3.63, 3.8) is 0 Å². The highest BCUT2D eigenvalue weighted by atomic mass is 35.5. The molecule has 0 aliphatic carbocycles. The lowest BCUT2D eigenvalue weighted by molar-refractivity contribution is -0.160. The molecule has 2 N–H and O–H groups in total. The van der Waals surface area contributed by atoms with Crippen LogP contribution in [0.2, 0.25) is 5.02 Å². The lowest BCUT2D eigenvalue weighted by Gasteiger charge is -2.37. The van der Waals surface area contributed by atoms with Crippen molar-refractivity contribution in [3.05, 3.63) is 29.3 Å². The van der Waals surface area contributed by atoms with E-state index in [1.807, 2.05) is 20.8 Å². The highest BCUT2D eigenvalue weighted by molar-refractivity contribution is 6.30. The van der Waals surface area contributed by atoms with Crippen molar-refractivity contribution >= 4 is 35.1 Å². The van der Waals surface area contributed by atoms with Crippen molar-refractivity contribution in [1.29, 1.82) is 0 Å². The maximum Gasteiger partial charge on any atom is 0.312 e. The summed E-state index contributed by atoms with van der Waals surface area (Å²) in [5.74, 6) is -2.69. The van der Waals surface area contributed by atoms with Gasteiger partial charge in [-0.3, -0.25) is 14.4 Å². The van der Waals surface area contributed by atoms with E-state index in [-0.39, 0.29) is 25.0 Å². The minimum absolute atomic E-state index is 0.179. The van der Waals surface area contributed by atoms with Crippen LogP contribution in [0.15, 0.2) is 24.3 Å². The third kappa shape index (κ3) is 3.89. The molecule has 8 nitrogen and oxygen atoms in total. The average Bonchev–Trinajstić information content (AvgIpc) is 3.34. The van der Waals surface area contributed by atoms with Gasteiger partial charge in [0, 0.05) is 10.7 Å². The van der Waals surface area contributed by atoms with Crippen molar-refractivity contribution in [1.82, 2.24) is 4.90 Å². The molecule has 1 aromatic rings. The van der Waals surface area contributed by atoms with Crippen molar-refractivity contribution in [2.45, 2.75) is 70.2 Å². The Bertz CT molecular complexity index is 969. The summed E-state index contributed by atoms with van der Waals surface area (Å²) in [6.45, 7) is 7.44. The Morgan fingerprint density at radius 1 is 1.29 bits per heavy atom. The van der Waals surface area contributed by atoms with Crippen LogP contribution in [-0.2, 0) is 23.9 Å². The first-order valence-corrected chi connectivity index (χ1v) is 12.3. The molecular formula is C25H33ClN2O6. The summed E-state index contributed by atoms with van der Waals surface area (Å²) in [4.78, 5) is 42.2. The van der Waals surface area contributed by atoms with E-state index >= 15 is 0 Å². The zero-order valence-corrected chi connectivity index (χ0v) is 20.8. The maximum atomic E-state index is 14.0. The highest BCUT2D eigenvalue weighted by Crippen LogP contribution is 2.63. The van der Waals surface area contributed by atoms with Gasteiger partial charge in [0.2, 0.25) is 11.8 Å². The molecule has 2 unspecified atom stereocenters. The molecule has 1 spiro atoms. The van der Waals surface area contributed by atoms with Crippen LogP contribution in [0.5, 0.6) is 0 Å². The molecule has 4 rings (SSSR count). The number of esters is 1. The number of likely N-dealkylation sites (tertiary alicyclic amines) is 1. The summed E-state index contributed by atoms with van der Waals surface area (Å²) >= 11 is 5.98. The zero-order chi connectivity index (χ0) is 24.8. The highest BCUT2D eigenvalue weighted by Gasteiger charge is 2.78. The summed E-state index contributed by atoms with van der Waals surface area (Å²) in [5.41, 5.74) is -1.51. The SMILES string of the molecule is CCOC(=O)[C@@H]1[C@H]2C(=O)N([C@@H](CO)CC(C)C)C(C(=O)Nc3ccc(Cl)cc3)C23CC[C@@]1(C)O3. The van der Waals surface area contributed by atoms with Crippen molar-refractivity contribution < 1.29 is 29.0 Å². The van der Waals surface area contributed by atoms with E-state index in [1.54, 1.807) is 31.2 Å². The van der Waals surface area contributed by atoms with Crippen molar-refractivity contribution in [2.75, 3.05) is 18.5 Å². The molecule has 0 saturated carbocycles. The lowest BCUT2D eigenvalue weighted by Crippen LogP contribution is -2.56. The normalized spacial score (nSPS) is 32.7. The molecule has 186 valence electrons. The number of anilines is 1. The molecular weight excluding hydrogens is 460 g/mol. The first kappa shape index (κ1) is 24.9. The second-order valence-electron chi connectivity index (χ2n) is 10.2. The number of fused-ring (bicyclic) bond motifs is 1. The van der Waals surface area contributed by atoms with Crippen molar-refractivity contribution in [3.8, 4) is 0 Å². The zero-order valence-electron chi connectivity index (χ0n) is 20.0. The Hall–Kier alpha value is -2.16. The van der Waals surface area contributed by atoms with Crippen LogP contribution in [0.1, 0.15) is 47.0 Å². The number of nitrogens with one attached hydrogen (secondary N) is 1. The van der Waals surface area contributed by atoms with Crippen LogP contribution in [0.3, 0.4) is 0 Å². The van der Waals surface area contributed by atoms with Gasteiger partial charge >= 0.3 is 5.97 Å². The van der Waals surface area contributed by atoms with Gasteiger partial charge in [-0.2, -0.15) is 0 Å². The minimum Gasteiger partial charge on any atom is -0.466 e. The van der Waals surface area contributed by atoms with E-state index in [1.165, 1.54) is 4.90 Å². The molecule has 0 radical (unpaired) electrons. The Kier molecular flexibility index (Phi) is 6.70. The fourth-order valence-corrected chi connectivity index (χ4v) is 6.34. The maximum absolute atomic E-state index is 14.0. The van der Waals surface area contributed by atoms with Crippen LogP contribution in [0.4, 0.5) is 5.69 Å². The number of hydrogen-bond acceptors (Lipinski definition) is 6. The Morgan fingerprint density at radius 2 is 1.97 bits per heavy atom. The predicted octanol–water partition coefficient (Wildman–Crippen LogP) is 3.01. The largest absolute Gasteiger partial charge is 0.466 e. The number of carbonyl (C=O) groups excluding carboxylic acids is 3. The quantitative estimate of drug-likeness (QED) is 0.540. The summed E-state index contributed by atoms with van der Waals surface area (Å²) in [5, 5.41) is 13.7. The monoisotopic (exact) mass is 492 g/mol. The van der Waals surface area contributed by atoms with Gasteiger partial charge in [0.15, 0.2) is 0 Å². The Labute approximate surface area is 204 Å². The Balaban J connectivity index is 1.77. The molecule has 1 aromatic carbocycles. The molecule has 2 amide bonds. The van der Waals surface area contributed by atoms with E-state index in [9.17, 15) is 19.5 Å². The number of ether oxygens (including phenoxy) is 2. The van der Waals surface area contributed by atoms with Gasteiger partial charge in [-0.05, 0) is 63.3 Å². The lowest BCUT2D eigenvalue weighted by atomic mass is 9.66. The number of nitrogens with zero attached hydrogens (tertiary/aromatic N) is 1. The van der Waals surface area contributed by atoms with Gasteiger partial charge in [0.1, 0.15) is 17.6 Å². The third-order valence-electron chi connectivity index (χ3n) is 7.46. The minimum atomic E-state index is -1.16. The van der Waals surface area contributed by atoms with Gasteiger partial charge in [0.25, 0.3) is 0 Å². The van der Waals surface area contributed by atoms with Crippen molar-refractivity contribution in [2.24, 2.45) is 17.8 Å². The number of rotatable bonds is 8. The summed E-state index contributed by atoms with van der Waals surface area (Å²) in [7, 11) is 0. The number of aliphatic hydroxyl groups excluding tert-OH is 1. The number of halogens is 1. The number of hydrogen-bond donors (Lipinski definition) is 2. The molecule has 2 bridgehead atoms. The smallest absolute Gasteiger partial charge is 0.312 e. The second-order valence-corrected chi connectivity index (χ2v) is 10.6. The fraction of sp³-hybridized carbons (Fsp3) is 0.640. The second kappa shape index (κ2) is 9.13. The van der Waals surface area contributed by atoms with Crippen LogP contribution < -0.4 is 5.32 Å². The molecule has 3 heterocycles. The molecule has 3 saturated heterocycles. The number of amides is 2. The van der Waals surface area contributed by atoms with Crippen LogP contribution in [0, 0.1) is 17.8 Å². The molecule has 34 heavy (non-hydrogen) atoms. The van der Waals surface area contributed by atoms with E-state index < -0.39 is 47.0 Å². The summed E-state index contributed by atoms with van der Waals surface area (Å²) in [6.07, 6.45) is 1.51. The first-order chi connectivity index (χ1) is 16.1. The van der Waals surface area contributed by atoms with Gasteiger partial charge in [-0.1, -0.05) is 25.4 Å².